The summed E-state index contributed by atoms with van der Waals surface area (Å²) in [4.78, 5) is 5.56. The Bertz CT molecular complexity index is 1240. The molecule has 0 amide bonds. The molecule has 1 aromatic heterocycles. The molecule has 0 N–H and O–H groups in total. The van der Waals surface area contributed by atoms with E-state index in [1.165, 1.54) is 17.0 Å². The molecule has 3 aromatic rings. The van der Waals surface area contributed by atoms with Crippen LogP contribution in [0, 0.1) is 11.6 Å². The lowest BCUT2D eigenvalue weighted by molar-refractivity contribution is -0.116. The van der Waals surface area contributed by atoms with E-state index in [2.05, 4.69) is 4.98 Å². The van der Waals surface area contributed by atoms with Crippen LogP contribution in [0.25, 0.3) is 11.1 Å². The van der Waals surface area contributed by atoms with Crippen molar-refractivity contribution >= 4 is 27.1 Å². The second kappa shape index (κ2) is 7.21. The first-order valence-corrected chi connectivity index (χ1v) is 11.1. The van der Waals surface area contributed by atoms with Gasteiger partial charge in [0.25, 0.3) is 6.01 Å². The molecular formula is C20H18F3N3O4S. The number of hydrogen-bond acceptors (Lipinski definition) is 6. The van der Waals surface area contributed by atoms with Gasteiger partial charge in [-0.25, -0.2) is 21.6 Å². The van der Waals surface area contributed by atoms with Gasteiger partial charge in [0.2, 0.25) is 10.0 Å². The molecule has 5 rings (SSSR count). The van der Waals surface area contributed by atoms with Crippen LogP contribution in [-0.2, 0) is 14.8 Å². The Balaban J connectivity index is 1.43. The number of halogens is 3. The molecule has 1 spiro atoms. The van der Waals surface area contributed by atoms with Gasteiger partial charge in [0, 0.05) is 31.6 Å². The molecule has 0 unspecified atom stereocenters. The van der Waals surface area contributed by atoms with Crippen molar-refractivity contribution in [2.24, 2.45) is 0 Å². The summed E-state index contributed by atoms with van der Waals surface area (Å²) in [5.41, 5.74) is -1.89. The molecular weight excluding hydrogens is 435 g/mol. The van der Waals surface area contributed by atoms with Crippen molar-refractivity contribution in [1.82, 2.24) is 9.29 Å². The second-order valence-electron chi connectivity index (χ2n) is 7.48. The third-order valence-corrected chi connectivity index (χ3v) is 7.62. The highest BCUT2D eigenvalue weighted by Gasteiger charge is 2.57. The van der Waals surface area contributed by atoms with Crippen molar-refractivity contribution in [2.45, 2.75) is 23.2 Å². The molecule has 2 aliphatic rings. The first kappa shape index (κ1) is 20.3. The molecule has 2 atom stereocenters. The average molecular weight is 453 g/mol. The Morgan fingerprint density at radius 2 is 1.90 bits per heavy atom. The first-order chi connectivity index (χ1) is 14.8. The minimum Gasteiger partial charge on any atom is -0.420 e. The summed E-state index contributed by atoms with van der Waals surface area (Å²) in [6.45, 7) is -0.0270. The average Bonchev–Trinajstić information content (AvgIpc) is 3.36. The smallest absolute Gasteiger partial charge is 0.298 e. The van der Waals surface area contributed by atoms with E-state index < -0.39 is 33.6 Å². The fourth-order valence-corrected chi connectivity index (χ4v) is 5.93. The lowest BCUT2D eigenvalue weighted by atomic mass is 9.99. The summed E-state index contributed by atoms with van der Waals surface area (Å²) in [6.07, 6.45) is -1.71. The van der Waals surface area contributed by atoms with Gasteiger partial charge >= 0.3 is 0 Å². The predicted molar refractivity (Wildman–Crippen MR) is 105 cm³/mol. The number of alkyl halides is 1. The summed E-state index contributed by atoms with van der Waals surface area (Å²) in [7, 11) is -3.97. The van der Waals surface area contributed by atoms with Crippen molar-refractivity contribution in [3.8, 4) is 0 Å². The van der Waals surface area contributed by atoms with Crippen LogP contribution >= 0.6 is 0 Å². The summed E-state index contributed by atoms with van der Waals surface area (Å²) in [5, 5.41) is 0. The highest BCUT2D eigenvalue weighted by atomic mass is 32.2. The monoisotopic (exact) mass is 453 g/mol. The number of nitrogens with zero attached hydrogens (tertiary/aromatic N) is 3. The number of fused-ring (bicyclic) bond motifs is 1. The Hall–Kier alpha value is -2.63. The van der Waals surface area contributed by atoms with Crippen LogP contribution in [0.1, 0.15) is 6.42 Å². The van der Waals surface area contributed by atoms with Gasteiger partial charge in [-0.3, -0.25) is 0 Å². The van der Waals surface area contributed by atoms with E-state index in [0.717, 1.165) is 10.4 Å². The van der Waals surface area contributed by atoms with Crippen molar-refractivity contribution in [3.05, 3.63) is 54.1 Å². The lowest BCUT2D eigenvalue weighted by Crippen LogP contribution is -2.62. The maximum atomic E-state index is 15.5. The van der Waals surface area contributed by atoms with Gasteiger partial charge in [0.1, 0.15) is 11.3 Å². The number of sulfonamides is 1. The fraction of sp³-hybridized carbons (Fsp3) is 0.350. The predicted octanol–water partition coefficient (Wildman–Crippen LogP) is 3.07. The van der Waals surface area contributed by atoms with E-state index in [1.807, 2.05) is 0 Å². The highest BCUT2D eigenvalue weighted by Crippen LogP contribution is 2.41. The zero-order valence-electron chi connectivity index (χ0n) is 16.2. The molecule has 0 bridgehead atoms. The van der Waals surface area contributed by atoms with Gasteiger partial charge in [-0.05, 0) is 12.1 Å². The number of ether oxygens (including phenoxy) is 1. The Labute approximate surface area is 176 Å². The number of hydrogen-bond donors (Lipinski definition) is 0. The van der Waals surface area contributed by atoms with Crippen LogP contribution in [-0.4, -0.2) is 55.8 Å². The molecule has 11 heteroatoms. The van der Waals surface area contributed by atoms with Crippen molar-refractivity contribution in [3.63, 3.8) is 0 Å². The molecule has 0 saturated carbocycles. The number of rotatable bonds is 3. The second-order valence-corrected chi connectivity index (χ2v) is 9.34. The normalized spacial score (nSPS) is 25.0. The van der Waals surface area contributed by atoms with Crippen LogP contribution < -0.4 is 4.90 Å². The zero-order valence-corrected chi connectivity index (χ0v) is 17.0. The van der Waals surface area contributed by atoms with Crippen LogP contribution in [0.3, 0.4) is 0 Å². The van der Waals surface area contributed by atoms with Crippen molar-refractivity contribution < 1.29 is 30.7 Å². The van der Waals surface area contributed by atoms with E-state index >= 15 is 4.39 Å². The van der Waals surface area contributed by atoms with Crippen LogP contribution in [0.15, 0.2) is 51.8 Å². The summed E-state index contributed by atoms with van der Waals surface area (Å²) in [5.74, 6) is -1.70. The molecule has 0 aliphatic carbocycles. The van der Waals surface area contributed by atoms with E-state index in [1.54, 1.807) is 18.2 Å². The van der Waals surface area contributed by atoms with Gasteiger partial charge in [0.15, 0.2) is 23.3 Å². The highest BCUT2D eigenvalue weighted by molar-refractivity contribution is 7.89. The number of anilines is 1. The molecule has 2 aromatic carbocycles. The van der Waals surface area contributed by atoms with E-state index in [0.29, 0.717) is 6.07 Å². The van der Waals surface area contributed by atoms with E-state index in [4.69, 9.17) is 9.15 Å². The molecule has 164 valence electrons. The van der Waals surface area contributed by atoms with Gasteiger partial charge in [-0.2, -0.15) is 9.29 Å². The number of piperidine rings is 1. The molecule has 31 heavy (non-hydrogen) atoms. The third-order valence-electron chi connectivity index (χ3n) is 5.68. The maximum absolute atomic E-state index is 15.5. The van der Waals surface area contributed by atoms with Gasteiger partial charge in [-0.15, -0.1) is 0 Å². The summed E-state index contributed by atoms with van der Waals surface area (Å²) >= 11 is 0. The zero-order chi connectivity index (χ0) is 21.8. The maximum Gasteiger partial charge on any atom is 0.298 e. The third kappa shape index (κ3) is 3.19. The standard InChI is InChI=1S/C20H18F3N3O4S/c21-13-10-15(22)18-16(11-13)24-19(30-18)25-7-6-20(17(23)12-25)26(8-9-29-20)31(27,28)14-4-2-1-3-5-14/h1-5,10-11,17H,6-9,12H2/t17-,20-/m0/s1. The van der Waals surface area contributed by atoms with E-state index in [9.17, 15) is 17.2 Å². The Morgan fingerprint density at radius 1 is 1.13 bits per heavy atom. The first-order valence-electron chi connectivity index (χ1n) is 9.68. The Kier molecular flexibility index (Phi) is 4.72. The summed E-state index contributed by atoms with van der Waals surface area (Å²) in [6, 6.07) is 9.44. The molecule has 2 fully saturated rings. The Morgan fingerprint density at radius 3 is 2.65 bits per heavy atom. The van der Waals surface area contributed by atoms with Crippen molar-refractivity contribution in [1.29, 1.82) is 0 Å². The molecule has 2 aliphatic heterocycles. The largest absolute Gasteiger partial charge is 0.420 e. The van der Waals surface area contributed by atoms with Crippen LogP contribution in [0.2, 0.25) is 0 Å². The van der Waals surface area contributed by atoms with Crippen LogP contribution in [0.4, 0.5) is 19.2 Å². The van der Waals surface area contributed by atoms with Crippen LogP contribution in [0.5, 0.6) is 0 Å². The molecule has 0 radical (unpaired) electrons. The number of aromatic nitrogens is 1. The van der Waals surface area contributed by atoms with Gasteiger partial charge in [-0.1, -0.05) is 18.2 Å². The summed E-state index contributed by atoms with van der Waals surface area (Å²) < 4.78 is 81.3. The fourth-order valence-electron chi connectivity index (χ4n) is 4.19. The quantitative estimate of drug-likeness (QED) is 0.607. The van der Waals surface area contributed by atoms with E-state index in [-0.39, 0.29) is 54.7 Å². The topological polar surface area (TPSA) is 75.9 Å². The minimum atomic E-state index is -3.97. The molecule has 7 nitrogen and oxygen atoms in total. The minimum absolute atomic E-state index is 0.00972. The lowest BCUT2D eigenvalue weighted by Gasteiger charge is -2.44. The number of oxazole rings is 1. The van der Waals surface area contributed by atoms with Gasteiger partial charge < -0.3 is 14.1 Å². The number of benzene rings is 2. The SMILES string of the molecule is O=S(=O)(c1ccccc1)N1CCO[C@]12CCN(c1nc3cc(F)cc(F)c3o1)C[C@@H]2F. The van der Waals surface area contributed by atoms with Crippen molar-refractivity contribution in [2.75, 3.05) is 31.1 Å². The van der Waals surface area contributed by atoms with Gasteiger partial charge in [0.05, 0.1) is 18.0 Å². The molecule has 3 heterocycles. The molecule has 2 saturated heterocycles.